The van der Waals surface area contributed by atoms with Gasteiger partial charge >= 0.3 is 0 Å². The second-order valence-electron chi connectivity index (χ2n) is 2.90. The van der Waals surface area contributed by atoms with Gasteiger partial charge in [0.05, 0.1) is 11.5 Å². The Kier molecular flexibility index (Phi) is 4.02. The molecule has 1 aromatic rings. The number of nitrogens with zero attached hydrogens (tertiary/aromatic N) is 1. The molecule has 0 fully saturated rings. The van der Waals surface area contributed by atoms with Crippen molar-refractivity contribution in [3.8, 4) is 5.75 Å². The van der Waals surface area contributed by atoms with E-state index in [0.29, 0.717) is 5.75 Å². The SMILES string of the molecule is O=[N+]([O-])c1ccc(OC[C@H](O)CO)cc1. The van der Waals surface area contributed by atoms with E-state index in [9.17, 15) is 10.1 Å². The van der Waals surface area contributed by atoms with Crippen LogP contribution in [0.4, 0.5) is 5.69 Å². The normalized spacial score (nSPS) is 12.1. The summed E-state index contributed by atoms with van der Waals surface area (Å²) in [6.07, 6.45) is -0.944. The third-order valence-corrected chi connectivity index (χ3v) is 1.70. The van der Waals surface area contributed by atoms with Crippen LogP contribution in [0, 0.1) is 10.1 Å². The Morgan fingerprint density at radius 2 is 2.00 bits per heavy atom. The van der Waals surface area contributed by atoms with Gasteiger partial charge in [-0.15, -0.1) is 0 Å². The number of non-ortho nitro benzene ring substituents is 1. The standard InChI is InChI=1S/C9H11NO5/c11-5-8(12)6-15-9-3-1-7(2-4-9)10(13)14/h1-4,8,11-12H,5-6H2/t8-/m1/s1. The molecule has 0 heterocycles. The molecule has 1 atom stereocenters. The molecule has 0 amide bonds. The van der Waals surface area contributed by atoms with Crippen molar-refractivity contribution >= 4 is 5.69 Å². The maximum Gasteiger partial charge on any atom is 0.269 e. The fourth-order valence-electron chi connectivity index (χ4n) is 0.909. The number of ether oxygens (including phenoxy) is 1. The van der Waals surface area contributed by atoms with Gasteiger partial charge in [-0.25, -0.2) is 0 Å². The minimum atomic E-state index is -0.944. The third-order valence-electron chi connectivity index (χ3n) is 1.70. The van der Waals surface area contributed by atoms with Gasteiger partial charge < -0.3 is 14.9 Å². The van der Waals surface area contributed by atoms with Crippen molar-refractivity contribution in [2.24, 2.45) is 0 Å². The Bertz CT molecular complexity index is 324. The molecule has 0 aliphatic rings. The van der Waals surface area contributed by atoms with Gasteiger partial charge in [0.2, 0.25) is 0 Å². The zero-order valence-corrected chi connectivity index (χ0v) is 7.87. The van der Waals surface area contributed by atoms with E-state index in [1.54, 1.807) is 0 Å². The number of nitro groups is 1. The quantitative estimate of drug-likeness (QED) is 0.543. The molecule has 0 aliphatic carbocycles. The van der Waals surface area contributed by atoms with Crippen LogP contribution in [0.25, 0.3) is 0 Å². The van der Waals surface area contributed by atoms with Crippen molar-refractivity contribution in [2.75, 3.05) is 13.2 Å². The van der Waals surface area contributed by atoms with Gasteiger partial charge in [0.25, 0.3) is 5.69 Å². The lowest BCUT2D eigenvalue weighted by atomic mass is 10.3. The molecule has 6 heteroatoms. The molecule has 0 saturated heterocycles. The summed E-state index contributed by atoms with van der Waals surface area (Å²) in [5.41, 5.74) is -0.0231. The van der Waals surface area contributed by atoms with Crippen LogP contribution in [-0.2, 0) is 0 Å². The number of rotatable bonds is 5. The molecule has 6 nitrogen and oxygen atoms in total. The minimum absolute atomic E-state index is 0.0231. The van der Waals surface area contributed by atoms with E-state index in [4.69, 9.17) is 14.9 Å². The van der Waals surface area contributed by atoms with Crippen molar-refractivity contribution in [3.05, 3.63) is 34.4 Å². The summed E-state index contributed by atoms with van der Waals surface area (Å²) >= 11 is 0. The van der Waals surface area contributed by atoms with Crippen LogP contribution in [-0.4, -0.2) is 34.5 Å². The van der Waals surface area contributed by atoms with Crippen molar-refractivity contribution in [1.29, 1.82) is 0 Å². The fraction of sp³-hybridized carbons (Fsp3) is 0.333. The topological polar surface area (TPSA) is 92.8 Å². The molecule has 0 aliphatic heterocycles. The van der Waals surface area contributed by atoms with Crippen molar-refractivity contribution in [1.82, 2.24) is 0 Å². The number of nitro benzene ring substituents is 1. The first-order chi connectivity index (χ1) is 7.13. The van der Waals surface area contributed by atoms with Gasteiger partial charge in [-0.3, -0.25) is 10.1 Å². The Labute approximate surface area is 85.9 Å². The number of hydrogen-bond donors (Lipinski definition) is 2. The van der Waals surface area contributed by atoms with E-state index in [2.05, 4.69) is 0 Å². The molecular formula is C9H11NO5. The predicted octanol–water partition coefficient (Wildman–Crippen LogP) is 0.327. The highest BCUT2D eigenvalue weighted by Crippen LogP contribution is 2.17. The van der Waals surface area contributed by atoms with Crippen molar-refractivity contribution in [3.63, 3.8) is 0 Å². The van der Waals surface area contributed by atoms with Crippen LogP contribution in [0.3, 0.4) is 0 Å². The van der Waals surface area contributed by atoms with Crippen molar-refractivity contribution in [2.45, 2.75) is 6.10 Å². The van der Waals surface area contributed by atoms with E-state index in [-0.39, 0.29) is 18.9 Å². The number of benzene rings is 1. The minimum Gasteiger partial charge on any atom is -0.491 e. The van der Waals surface area contributed by atoms with Gasteiger partial charge in [-0.1, -0.05) is 0 Å². The number of hydrogen-bond acceptors (Lipinski definition) is 5. The molecule has 1 rings (SSSR count). The average molecular weight is 213 g/mol. The summed E-state index contributed by atoms with van der Waals surface area (Å²) in [5, 5.41) is 27.8. The summed E-state index contributed by atoms with van der Waals surface area (Å²) in [6, 6.07) is 5.48. The van der Waals surface area contributed by atoms with Gasteiger partial charge in [0, 0.05) is 12.1 Å². The van der Waals surface area contributed by atoms with Crippen LogP contribution in [0.15, 0.2) is 24.3 Å². The van der Waals surface area contributed by atoms with Crippen LogP contribution >= 0.6 is 0 Å². The smallest absolute Gasteiger partial charge is 0.269 e. The van der Waals surface area contributed by atoms with Crippen LogP contribution in [0.5, 0.6) is 5.75 Å². The van der Waals surface area contributed by atoms with Crippen LogP contribution < -0.4 is 4.74 Å². The third kappa shape index (κ3) is 3.53. The number of aliphatic hydroxyl groups is 2. The molecule has 15 heavy (non-hydrogen) atoms. The Morgan fingerprint density at radius 1 is 1.40 bits per heavy atom. The van der Waals surface area contributed by atoms with Gasteiger partial charge in [0.1, 0.15) is 18.5 Å². The molecule has 0 spiro atoms. The molecule has 2 N–H and O–H groups in total. The van der Waals surface area contributed by atoms with E-state index < -0.39 is 11.0 Å². The summed E-state index contributed by atoms with van der Waals surface area (Å²) in [4.78, 5) is 9.81. The van der Waals surface area contributed by atoms with Gasteiger partial charge in [-0.2, -0.15) is 0 Å². The highest BCUT2D eigenvalue weighted by molar-refractivity contribution is 5.35. The lowest BCUT2D eigenvalue weighted by Gasteiger charge is -2.09. The summed E-state index contributed by atoms with van der Waals surface area (Å²) in [5.74, 6) is 0.410. The van der Waals surface area contributed by atoms with Crippen LogP contribution in [0.1, 0.15) is 0 Å². The second-order valence-corrected chi connectivity index (χ2v) is 2.90. The maximum atomic E-state index is 10.3. The van der Waals surface area contributed by atoms with Gasteiger partial charge in [0.15, 0.2) is 0 Å². The number of aliphatic hydroxyl groups excluding tert-OH is 2. The lowest BCUT2D eigenvalue weighted by Crippen LogP contribution is -2.21. The Hall–Kier alpha value is -1.66. The summed E-state index contributed by atoms with van der Waals surface area (Å²) in [6.45, 7) is -0.429. The Morgan fingerprint density at radius 3 is 2.47 bits per heavy atom. The molecule has 0 unspecified atom stereocenters. The van der Waals surface area contributed by atoms with E-state index in [1.165, 1.54) is 24.3 Å². The predicted molar refractivity (Wildman–Crippen MR) is 51.7 cm³/mol. The zero-order valence-electron chi connectivity index (χ0n) is 7.87. The maximum absolute atomic E-state index is 10.3. The molecule has 0 radical (unpaired) electrons. The average Bonchev–Trinajstić information content (AvgIpc) is 2.26. The molecular weight excluding hydrogens is 202 g/mol. The highest BCUT2D eigenvalue weighted by atomic mass is 16.6. The largest absolute Gasteiger partial charge is 0.491 e. The molecule has 0 aromatic heterocycles. The van der Waals surface area contributed by atoms with E-state index in [0.717, 1.165) is 0 Å². The first-order valence-corrected chi connectivity index (χ1v) is 4.29. The molecule has 0 bridgehead atoms. The van der Waals surface area contributed by atoms with Gasteiger partial charge in [-0.05, 0) is 12.1 Å². The summed E-state index contributed by atoms with van der Waals surface area (Å²) < 4.78 is 5.06. The first kappa shape index (κ1) is 11.4. The Balaban J connectivity index is 2.53. The first-order valence-electron chi connectivity index (χ1n) is 4.29. The monoisotopic (exact) mass is 213 g/mol. The highest BCUT2D eigenvalue weighted by Gasteiger charge is 2.06. The van der Waals surface area contributed by atoms with E-state index in [1.807, 2.05) is 0 Å². The molecule has 82 valence electrons. The van der Waals surface area contributed by atoms with Crippen LogP contribution in [0.2, 0.25) is 0 Å². The lowest BCUT2D eigenvalue weighted by molar-refractivity contribution is -0.384. The van der Waals surface area contributed by atoms with E-state index >= 15 is 0 Å². The van der Waals surface area contributed by atoms with Crippen molar-refractivity contribution < 1.29 is 19.9 Å². The zero-order chi connectivity index (χ0) is 11.3. The fourth-order valence-corrected chi connectivity index (χ4v) is 0.909. The summed E-state index contributed by atoms with van der Waals surface area (Å²) in [7, 11) is 0. The second kappa shape index (κ2) is 5.28. The molecule has 1 aromatic carbocycles. The molecule has 0 saturated carbocycles.